The Balaban J connectivity index is 2.28. The number of pyridine rings is 1. The summed E-state index contributed by atoms with van der Waals surface area (Å²) in [5.74, 6) is 0. The zero-order valence-corrected chi connectivity index (χ0v) is 12.2. The standard InChI is InChI=1S/C14H19ClN2O2/c1-14(2,3)19-13(18)17-8-5-4-6-11-7-9-16-10-12(11)15/h4,6-7,9-10H,5,8H2,1-3H3,(H,17,18). The lowest BCUT2D eigenvalue weighted by Crippen LogP contribution is -2.32. The van der Waals surface area contributed by atoms with Crippen LogP contribution in [0.15, 0.2) is 24.5 Å². The zero-order chi connectivity index (χ0) is 14.3. The first kappa shape index (κ1) is 15.5. The fourth-order valence-corrected chi connectivity index (χ4v) is 1.49. The Labute approximate surface area is 118 Å². The molecule has 0 aliphatic rings. The van der Waals surface area contributed by atoms with Gasteiger partial charge in [-0.15, -0.1) is 0 Å². The normalized spacial score (nSPS) is 11.6. The molecule has 0 fully saturated rings. The van der Waals surface area contributed by atoms with Gasteiger partial charge in [0.15, 0.2) is 0 Å². The molecule has 0 aliphatic heterocycles. The molecule has 1 N–H and O–H groups in total. The van der Waals surface area contributed by atoms with E-state index in [0.717, 1.165) is 5.56 Å². The molecule has 0 aromatic carbocycles. The SMILES string of the molecule is CC(C)(C)OC(=O)NCCC=Cc1ccncc1Cl. The van der Waals surface area contributed by atoms with Gasteiger partial charge in [-0.3, -0.25) is 4.98 Å². The maximum Gasteiger partial charge on any atom is 0.407 e. The Kier molecular flexibility index (Phi) is 5.83. The lowest BCUT2D eigenvalue weighted by Gasteiger charge is -2.19. The number of hydrogen-bond donors (Lipinski definition) is 1. The number of carbonyl (C=O) groups is 1. The predicted octanol–water partition coefficient (Wildman–Crippen LogP) is 3.66. The monoisotopic (exact) mass is 282 g/mol. The molecule has 1 aromatic rings. The van der Waals surface area contributed by atoms with Crippen molar-refractivity contribution < 1.29 is 9.53 Å². The van der Waals surface area contributed by atoms with Crippen molar-refractivity contribution in [2.75, 3.05) is 6.54 Å². The number of carbonyl (C=O) groups excluding carboxylic acids is 1. The lowest BCUT2D eigenvalue weighted by atomic mass is 10.2. The van der Waals surface area contributed by atoms with E-state index in [-0.39, 0.29) is 0 Å². The summed E-state index contributed by atoms with van der Waals surface area (Å²) >= 11 is 5.96. The smallest absolute Gasteiger partial charge is 0.407 e. The fourth-order valence-electron chi connectivity index (χ4n) is 1.30. The van der Waals surface area contributed by atoms with Crippen LogP contribution in [0.25, 0.3) is 6.08 Å². The summed E-state index contributed by atoms with van der Waals surface area (Å²) in [5, 5.41) is 3.29. The van der Waals surface area contributed by atoms with Crippen molar-refractivity contribution >= 4 is 23.8 Å². The third-order valence-corrected chi connectivity index (χ3v) is 2.40. The molecule has 5 heteroatoms. The molecule has 1 amide bonds. The topological polar surface area (TPSA) is 51.2 Å². The second-order valence-corrected chi connectivity index (χ2v) is 5.42. The van der Waals surface area contributed by atoms with E-state index < -0.39 is 11.7 Å². The maximum absolute atomic E-state index is 11.4. The molecule has 0 saturated carbocycles. The molecular formula is C14H19ClN2O2. The number of alkyl carbamates (subject to hydrolysis) is 1. The molecule has 1 rings (SSSR count). The van der Waals surface area contributed by atoms with Crippen LogP contribution in [0, 0.1) is 0 Å². The molecule has 0 aliphatic carbocycles. The Morgan fingerprint density at radius 2 is 2.26 bits per heavy atom. The van der Waals surface area contributed by atoms with Gasteiger partial charge < -0.3 is 10.1 Å². The van der Waals surface area contributed by atoms with Crippen molar-refractivity contribution in [1.29, 1.82) is 0 Å². The number of halogens is 1. The maximum atomic E-state index is 11.4. The van der Waals surface area contributed by atoms with Crippen molar-refractivity contribution in [3.05, 3.63) is 35.1 Å². The van der Waals surface area contributed by atoms with Crippen LogP contribution in [0.1, 0.15) is 32.8 Å². The zero-order valence-electron chi connectivity index (χ0n) is 11.4. The van der Waals surface area contributed by atoms with Gasteiger partial charge in [0.05, 0.1) is 5.02 Å². The minimum atomic E-state index is -0.468. The largest absolute Gasteiger partial charge is 0.444 e. The highest BCUT2D eigenvalue weighted by atomic mass is 35.5. The molecule has 4 nitrogen and oxygen atoms in total. The Hall–Kier alpha value is -1.55. The predicted molar refractivity (Wildman–Crippen MR) is 77.1 cm³/mol. The number of nitrogens with zero attached hydrogens (tertiary/aromatic N) is 1. The summed E-state index contributed by atoms with van der Waals surface area (Å²) in [6.07, 6.45) is 7.44. The van der Waals surface area contributed by atoms with Crippen LogP contribution >= 0.6 is 11.6 Å². The quantitative estimate of drug-likeness (QED) is 0.858. The summed E-state index contributed by atoms with van der Waals surface area (Å²) in [6, 6.07) is 1.83. The van der Waals surface area contributed by atoms with Crippen LogP contribution in [0.4, 0.5) is 4.79 Å². The lowest BCUT2D eigenvalue weighted by molar-refractivity contribution is 0.0529. The van der Waals surface area contributed by atoms with Crippen LogP contribution in [0.5, 0.6) is 0 Å². The minimum absolute atomic E-state index is 0.400. The second-order valence-electron chi connectivity index (χ2n) is 5.02. The number of nitrogens with one attached hydrogen (secondary N) is 1. The summed E-state index contributed by atoms with van der Waals surface area (Å²) in [6.45, 7) is 6.02. The first-order valence-corrected chi connectivity index (χ1v) is 6.49. The molecule has 0 radical (unpaired) electrons. The molecule has 1 heterocycles. The van der Waals surface area contributed by atoms with Crippen LogP contribution in [-0.2, 0) is 4.74 Å². The van der Waals surface area contributed by atoms with Crippen LogP contribution in [0.2, 0.25) is 5.02 Å². The summed E-state index contributed by atoms with van der Waals surface area (Å²) in [7, 11) is 0. The summed E-state index contributed by atoms with van der Waals surface area (Å²) in [5.41, 5.74) is 0.443. The van der Waals surface area contributed by atoms with E-state index in [1.54, 1.807) is 12.4 Å². The van der Waals surface area contributed by atoms with E-state index in [2.05, 4.69) is 10.3 Å². The highest BCUT2D eigenvalue weighted by molar-refractivity contribution is 6.31. The molecule has 0 saturated heterocycles. The molecule has 0 unspecified atom stereocenters. The third-order valence-electron chi connectivity index (χ3n) is 2.08. The van der Waals surface area contributed by atoms with E-state index in [1.165, 1.54) is 0 Å². The molecule has 1 aromatic heterocycles. The van der Waals surface area contributed by atoms with Gasteiger partial charge in [0.1, 0.15) is 5.60 Å². The van der Waals surface area contributed by atoms with Gasteiger partial charge in [-0.05, 0) is 38.8 Å². The Morgan fingerprint density at radius 3 is 2.89 bits per heavy atom. The van der Waals surface area contributed by atoms with Gasteiger partial charge in [-0.1, -0.05) is 23.8 Å². The highest BCUT2D eigenvalue weighted by Crippen LogP contribution is 2.14. The van der Waals surface area contributed by atoms with Crippen LogP contribution in [0.3, 0.4) is 0 Å². The van der Waals surface area contributed by atoms with Crippen molar-refractivity contribution in [3.63, 3.8) is 0 Å². The van der Waals surface area contributed by atoms with Crippen molar-refractivity contribution in [3.8, 4) is 0 Å². The average Bonchev–Trinajstić information content (AvgIpc) is 2.28. The first-order chi connectivity index (χ1) is 8.88. The van der Waals surface area contributed by atoms with Crippen molar-refractivity contribution in [2.45, 2.75) is 32.8 Å². The summed E-state index contributed by atoms with van der Waals surface area (Å²) in [4.78, 5) is 15.3. The fraction of sp³-hybridized carbons (Fsp3) is 0.429. The second kappa shape index (κ2) is 7.14. The van der Waals surface area contributed by atoms with Gasteiger partial charge in [0.25, 0.3) is 0 Å². The van der Waals surface area contributed by atoms with Gasteiger partial charge in [-0.25, -0.2) is 4.79 Å². The van der Waals surface area contributed by atoms with Crippen LogP contribution < -0.4 is 5.32 Å². The first-order valence-electron chi connectivity index (χ1n) is 6.11. The van der Waals surface area contributed by atoms with Crippen molar-refractivity contribution in [2.24, 2.45) is 0 Å². The molecule has 0 atom stereocenters. The Morgan fingerprint density at radius 1 is 1.53 bits per heavy atom. The van der Waals surface area contributed by atoms with Gasteiger partial charge in [0.2, 0.25) is 0 Å². The van der Waals surface area contributed by atoms with E-state index >= 15 is 0 Å². The molecule has 0 bridgehead atoms. The number of rotatable bonds is 4. The molecular weight excluding hydrogens is 264 g/mol. The highest BCUT2D eigenvalue weighted by Gasteiger charge is 2.15. The number of ether oxygens (including phenoxy) is 1. The summed E-state index contributed by atoms with van der Waals surface area (Å²) < 4.78 is 5.12. The Bertz CT molecular complexity index is 453. The van der Waals surface area contributed by atoms with E-state index in [0.29, 0.717) is 18.0 Å². The average molecular weight is 283 g/mol. The molecule has 19 heavy (non-hydrogen) atoms. The number of aromatic nitrogens is 1. The van der Waals surface area contributed by atoms with Gasteiger partial charge >= 0.3 is 6.09 Å². The van der Waals surface area contributed by atoms with Gasteiger partial charge in [0, 0.05) is 18.9 Å². The van der Waals surface area contributed by atoms with E-state index in [9.17, 15) is 4.79 Å². The van der Waals surface area contributed by atoms with Gasteiger partial charge in [-0.2, -0.15) is 0 Å². The number of hydrogen-bond acceptors (Lipinski definition) is 3. The molecule has 104 valence electrons. The van der Waals surface area contributed by atoms with E-state index in [1.807, 2.05) is 39.0 Å². The van der Waals surface area contributed by atoms with Crippen LogP contribution in [-0.4, -0.2) is 23.2 Å². The van der Waals surface area contributed by atoms with E-state index in [4.69, 9.17) is 16.3 Å². The number of amides is 1. The minimum Gasteiger partial charge on any atom is -0.444 e. The molecule has 0 spiro atoms. The van der Waals surface area contributed by atoms with Crippen molar-refractivity contribution in [1.82, 2.24) is 10.3 Å². The third kappa shape index (κ3) is 6.82.